The second kappa shape index (κ2) is 9.35. The molecule has 1 aromatic carbocycles. The normalized spacial score (nSPS) is 32.8. The van der Waals surface area contributed by atoms with Crippen LogP contribution < -0.4 is 10.1 Å². The number of ether oxygens (including phenoxy) is 3. The highest BCUT2D eigenvalue weighted by atomic mass is 19.1. The molecular weight excluding hydrogens is 415 g/mol. The minimum Gasteiger partial charge on any atom is -0.483 e. The number of nitrogens with one attached hydrogen (secondary N) is 1. The summed E-state index contributed by atoms with van der Waals surface area (Å²) in [7, 11) is 1.73. The molecule has 1 spiro atoms. The third-order valence-electron chi connectivity index (χ3n) is 7.39. The number of benzene rings is 1. The molecule has 2 heterocycles. The molecule has 0 radical (unpaired) electrons. The van der Waals surface area contributed by atoms with Gasteiger partial charge in [0, 0.05) is 19.2 Å². The average Bonchev–Trinajstić information content (AvgIpc) is 3.00. The average molecular weight is 449 g/mol. The lowest BCUT2D eigenvalue weighted by Crippen LogP contribution is -2.63. The van der Waals surface area contributed by atoms with E-state index < -0.39 is 5.54 Å². The Morgan fingerprint density at radius 2 is 2.03 bits per heavy atom. The Kier molecular flexibility index (Phi) is 6.72. The summed E-state index contributed by atoms with van der Waals surface area (Å²) < 4.78 is 30.9. The zero-order valence-electron chi connectivity index (χ0n) is 19.1. The van der Waals surface area contributed by atoms with E-state index in [1.165, 1.54) is 12.1 Å². The predicted octanol–water partition coefficient (Wildman–Crippen LogP) is 2.77. The maximum atomic E-state index is 14.0. The van der Waals surface area contributed by atoms with Gasteiger partial charge in [0.25, 0.3) is 5.91 Å². The van der Waals surface area contributed by atoms with Gasteiger partial charge in [0.15, 0.2) is 6.61 Å². The van der Waals surface area contributed by atoms with Crippen molar-refractivity contribution in [2.45, 2.75) is 75.6 Å². The van der Waals surface area contributed by atoms with Crippen molar-refractivity contribution in [2.75, 3.05) is 26.9 Å². The Bertz CT molecular complexity index is 857. The molecule has 2 aliphatic heterocycles. The molecule has 7 nitrogen and oxygen atoms in total. The first-order valence-corrected chi connectivity index (χ1v) is 11.5. The fourth-order valence-electron chi connectivity index (χ4n) is 5.71. The number of likely N-dealkylation sites (tertiary alicyclic amines) is 1. The summed E-state index contributed by atoms with van der Waals surface area (Å²) in [5.41, 5.74) is 0.370. The van der Waals surface area contributed by atoms with Gasteiger partial charge in [-0.2, -0.15) is 0 Å². The number of hydrogen-bond acceptors (Lipinski definition) is 5. The topological polar surface area (TPSA) is 77.1 Å². The van der Waals surface area contributed by atoms with Crippen molar-refractivity contribution in [3.05, 3.63) is 29.6 Å². The smallest absolute Gasteiger partial charge is 0.261 e. The number of nitrogens with zero attached hydrogens (tertiary/aromatic N) is 1. The molecule has 176 valence electrons. The number of methoxy groups -OCH3 is 1. The van der Waals surface area contributed by atoms with Crippen LogP contribution in [0.2, 0.25) is 0 Å². The number of morpholine rings is 1. The van der Waals surface area contributed by atoms with Crippen molar-refractivity contribution < 1.29 is 28.2 Å². The fourth-order valence-corrected chi connectivity index (χ4v) is 5.71. The van der Waals surface area contributed by atoms with Crippen LogP contribution in [0.4, 0.5) is 4.39 Å². The number of rotatable bonds is 5. The van der Waals surface area contributed by atoms with E-state index in [9.17, 15) is 14.0 Å². The second-order valence-corrected chi connectivity index (χ2v) is 9.41. The van der Waals surface area contributed by atoms with E-state index in [0.29, 0.717) is 18.8 Å². The first-order valence-electron chi connectivity index (χ1n) is 11.5. The van der Waals surface area contributed by atoms with Crippen LogP contribution >= 0.6 is 0 Å². The Labute approximate surface area is 188 Å². The summed E-state index contributed by atoms with van der Waals surface area (Å²) in [5, 5.41) is 3.04. The summed E-state index contributed by atoms with van der Waals surface area (Å²) in [5.74, 6) is -0.0310. The van der Waals surface area contributed by atoms with E-state index in [1.807, 2.05) is 13.8 Å². The molecule has 2 amide bonds. The number of carbonyl (C=O) groups is 2. The maximum Gasteiger partial charge on any atom is 0.261 e. The molecule has 1 aromatic rings. The second-order valence-electron chi connectivity index (χ2n) is 9.41. The lowest BCUT2D eigenvalue weighted by atomic mass is 9.82. The maximum absolute atomic E-state index is 14.0. The molecule has 0 aromatic heterocycles. The Morgan fingerprint density at radius 1 is 1.28 bits per heavy atom. The molecule has 2 saturated heterocycles. The molecule has 8 heteroatoms. The number of amides is 2. The highest BCUT2D eigenvalue weighted by Gasteiger charge is 2.52. The molecule has 3 atom stereocenters. The van der Waals surface area contributed by atoms with Crippen molar-refractivity contribution >= 4 is 11.8 Å². The third-order valence-corrected chi connectivity index (χ3v) is 7.39. The molecule has 32 heavy (non-hydrogen) atoms. The molecule has 0 unspecified atom stereocenters. The molecule has 4 rings (SSSR count). The van der Waals surface area contributed by atoms with E-state index in [-0.39, 0.29) is 55.0 Å². The van der Waals surface area contributed by atoms with Gasteiger partial charge in [-0.3, -0.25) is 9.59 Å². The van der Waals surface area contributed by atoms with Gasteiger partial charge in [0.1, 0.15) is 18.2 Å². The van der Waals surface area contributed by atoms with E-state index >= 15 is 0 Å². The molecule has 1 N–H and O–H groups in total. The largest absolute Gasteiger partial charge is 0.483 e. The summed E-state index contributed by atoms with van der Waals surface area (Å²) in [4.78, 5) is 26.8. The molecule has 0 bridgehead atoms. The molecule has 1 aliphatic carbocycles. The monoisotopic (exact) mass is 448 g/mol. The third kappa shape index (κ3) is 4.48. The molecule has 1 saturated carbocycles. The van der Waals surface area contributed by atoms with Crippen LogP contribution in [0.1, 0.15) is 57.4 Å². The van der Waals surface area contributed by atoms with Gasteiger partial charge in [-0.25, -0.2) is 4.39 Å². The molecular formula is C24H33FN2O5. The zero-order chi connectivity index (χ0) is 22.9. The van der Waals surface area contributed by atoms with Crippen LogP contribution in [0, 0.1) is 5.82 Å². The molecule has 3 aliphatic rings. The van der Waals surface area contributed by atoms with Gasteiger partial charge in [0.05, 0.1) is 24.3 Å². The van der Waals surface area contributed by atoms with Crippen molar-refractivity contribution in [3.63, 3.8) is 0 Å². The minimum atomic E-state index is -0.575. The van der Waals surface area contributed by atoms with Crippen LogP contribution in [0.3, 0.4) is 0 Å². The number of hydrogen-bond donors (Lipinski definition) is 1. The lowest BCUT2D eigenvalue weighted by Gasteiger charge is -2.39. The Morgan fingerprint density at radius 3 is 2.72 bits per heavy atom. The van der Waals surface area contributed by atoms with Gasteiger partial charge < -0.3 is 24.4 Å². The highest BCUT2D eigenvalue weighted by molar-refractivity contribution is 5.81. The number of halogens is 1. The first-order chi connectivity index (χ1) is 15.3. The quantitative estimate of drug-likeness (QED) is 0.750. The van der Waals surface area contributed by atoms with Gasteiger partial charge in [-0.15, -0.1) is 0 Å². The van der Waals surface area contributed by atoms with Gasteiger partial charge in [0.2, 0.25) is 5.91 Å². The van der Waals surface area contributed by atoms with Crippen molar-refractivity contribution in [3.8, 4) is 5.75 Å². The summed E-state index contributed by atoms with van der Waals surface area (Å²) in [6.07, 6.45) is 4.69. The fraction of sp³-hybridized carbons (Fsp3) is 0.667. The van der Waals surface area contributed by atoms with Crippen molar-refractivity contribution in [1.29, 1.82) is 0 Å². The van der Waals surface area contributed by atoms with Gasteiger partial charge in [-0.05, 0) is 63.5 Å². The lowest BCUT2D eigenvalue weighted by molar-refractivity contribution is -0.141. The van der Waals surface area contributed by atoms with Crippen LogP contribution in [0.5, 0.6) is 5.75 Å². The SMILES string of the molecule is COC1CCC(c2ccc(F)cc2OCC(=O)N2[C@H](C)C[C@]3(COCC(=O)N3)[C@H]2C)CC1. The first kappa shape index (κ1) is 23.0. The number of carbonyl (C=O) groups excluding carboxylic acids is 2. The molecule has 3 fully saturated rings. The Balaban J connectivity index is 1.44. The van der Waals surface area contributed by atoms with Gasteiger partial charge in [-0.1, -0.05) is 6.07 Å². The zero-order valence-corrected chi connectivity index (χ0v) is 19.1. The summed E-state index contributed by atoms with van der Waals surface area (Å²) >= 11 is 0. The summed E-state index contributed by atoms with van der Waals surface area (Å²) in [6.45, 7) is 4.15. The predicted molar refractivity (Wildman–Crippen MR) is 116 cm³/mol. The van der Waals surface area contributed by atoms with E-state index in [1.54, 1.807) is 18.1 Å². The standard InChI is InChI=1S/C24H33FN2O5/c1-15-11-24(14-31-12-22(28)26-24)16(2)27(15)23(29)13-32-21-10-18(25)6-9-20(21)17-4-7-19(30-3)8-5-17/h6,9-10,15-17,19H,4-5,7-8,11-14H2,1-3H3,(H,26,28)/t15-,16-,17?,19?,24+/m1/s1. The van der Waals surface area contributed by atoms with Crippen LogP contribution in [0.25, 0.3) is 0 Å². The van der Waals surface area contributed by atoms with Crippen LogP contribution in [-0.2, 0) is 19.1 Å². The minimum absolute atomic E-state index is 0.0501. The van der Waals surface area contributed by atoms with Crippen LogP contribution in [0.15, 0.2) is 18.2 Å². The van der Waals surface area contributed by atoms with Crippen molar-refractivity contribution in [1.82, 2.24) is 10.2 Å². The van der Waals surface area contributed by atoms with E-state index in [2.05, 4.69) is 5.32 Å². The Hall–Kier alpha value is -2.19. The van der Waals surface area contributed by atoms with E-state index in [4.69, 9.17) is 14.2 Å². The van der Waals surface area contributed by atoms with E-state index in [0.717, 1.165) is 31.2 Å². The van der Waals surface area contributed by atoms with Crippen molar-refractivity contribution in [2.24, 2.45) is 0 Å². The summed E-state index contributed by atoms with van der Waals surface area (Å²) in [6, 6.07) is 4.30. The highest BCUT2D eigenvalue weighted by Crippen LogP contribution is 2.39. The van der Waals surface area contributed by atoms with Crippen LogP contribution in [-0.4, -0.2) is 67.4 Å². The van der Waals surface area contributed by atoms with Gasteiger partial charge >= 0.3 is 0 Å².